The third kappa shape index (κ3) is 4.57. The summed E-state index contributed by atoms with van der Waals surface area (Å²) in [6.45, 7) is 1.95. The number of ether oxygens (including phenoxy) is 4. The van der Waals surface area contributed by atoms with Crippen molar-refractivity contribution in [2.24, 2.45) is 5.92 Å². The molecule has 1 spiro atoms. The number of carbonyl (C=O) groups is 3. The Bertz CT molecular complexity index is 1780. The maximum absolute atomic E-state index is 14.6. The Morgan fingerprint density at radius 1 is 1.02 bits per heavy atom. The van der Waals surface area contributed by atoms with Gasteiger partial charge in [-0.3, -0.25) is 19.4 Å². The molecule has 0 radical (unpaired) electrons. The summed E-state index contributed by atoms with van der Waals surface area (Å²) in [6, 6.07) is 14.0. The fourth-order valence-corrected chi connectivity index (χ4v) is 6.16. The minimum absolute atomic E-state index is 0.0186. The summed E-state index contributed by atoms with van der Waals surface area (Å²) in [7, 11) is 4.40. The summed E-state index contributed by atoms with van der Waals surface area (Å²) in [4.78, 5) is 46.4. The van der Waals surface area contributed by atoms with Gasteiger partial charge in [-0.2, -0.15) is 0 Å². The number of halogens is 1. The molecule has 0 bridgehead atoms. The molecular weight excluding hydrogens is 588 g/mol. The standard InChI is InChI=1S/C33H29ClN2O8/c1-17-13-23-26(31(38)33(17)32(39)27-22(41-3)15-24(42-4)28(34)30(27)44-33)21(14-25(37)36-16-19-7-5-6-12-35-19)29(43-23)18-8-10-20(40-2)11-9-18/h5-12,15,17H,13-14,16H2,1-4H3,(H,36,37)/t17-,33+/m1/s1. The largest absolute Gasteiger partial charge is 0.497 e. The second kappa shape index (κ2) is 11.3. The quantitative estimate of drug-likeness (QED) is 0.264. The molecule has 1 aliphatic heterocycles. The van der Waals surface area contributed by atoms with E-state index in [0.717, 1.165) is 0 Å². The number of rotatable bonds is 8. The number of nitrogens with zero attached hydrogens (tertiary/aromatic N) is 1. The maximum atomic E-state index is 14.6. The van der Waals surface area contributed by atoms with E-state index in [9.17, 15) is 14.4 Å². The number of methoxy groups -OCH3 is 3. The topological polar surface area (TPSA) is 126 Å². The number of furan rings is 1. The molecular formula is C33H29ClN2O8. The van der Waals surface area contributed by atoms with Crippen LogP contribution in [0, 0.1) is 5.92 Å². The zero-order valence-electron chi connectivity index (χ0n) is 24.5. The second-order valence-electron chi connectivity index (χ2n) is 10.6. The average Bonchev–Trinajstić information content (AvgIpc) is 3.56. The third-order valence-corrected chi connectivity index (χ3v) is 8.49. The lowest BCUT2D eigenvalue weighted by molar-refractivity contribution is -0.120. The summed E-state index contributed by atoms with van der Waals surface area (Å²) in [6.07, 6.45) is 1.64. The van der Waals surface area contributed by atoms with Crippen LogP contribution >= 0.6 is 11.6 Å². The van der Waals surface area contributed by atoms with Crippen molar-refractivity contribution in [3.05, 3.63) is 87.9 Å². The van der Waals surface area contributed by atoms with Gasteiger partial charge in [-0.05, 0) is 36.4 Å². The number of hydrogen-bond acceptors (Lipinski definition) is 9. The number of nitrogens with one attached hydrogen (secondary N) is 1. The van der Waals surface area contributed by atoms with Gasteiger partial charge in [0.05, 0.1) is 45.6 Å². The van der Waals surface area contributed by atoms with E-state index in [-0.39, 0.29) is 58.7 Å². The van der Waals surface area contributed by atoms with E-state index < -0.39 is 23.1 Å². The number of pyridine rings is 1. The van der Waals surface area contributed by atoms with E-state index >= 15 is 0 Å². The minimum atomic E-state index is -1.95. The lowest BCUT2D eigenvalue weighted by Crippen LogP contribution is -2.56. The molecule has 0 unspecified atom stereocenters. The fraction of sp³-hybridized carbons (Fsp3) is 0.273. The Labute approximate surface area is 258 Å². The average molecular weight is 617 g/mol. The van der Waals surface area contributed by atoms with Gasteiger partial charge < -0.3 is 28.7 Å². The smallest absolute Gasteiger partial charge is 0.237 e. The van der Waals surface area contributed by atoms with Crippen LogP contribution in [0.3, 0.4) is 0 Å². The van der Waals surface area contributed by atoms with Crippen molar-refractivity contribution < 1.29 is 37.7 Å². The van der Waals surface area contributed by atoms with Gasteiger partial charge in [0.25, 0.3) is 0 Å². The Morgan fingerprint density at radius 3 is 2.41 bits per heavy atom. The molecule has 226 valence electrons. The lowest BCUT2D eigenvalue weighted by atomic mass is 9.70. The van der Waals surface area contributed by atoms with Crippen LogP contribution in [0.15, 0.2) is 59.1 Å². The van der Waals surface area contributed by atoms with Crippen molar-refractivity contribution in [1.29, 1.82) is 0 Å². The van der Waals surface area contributed by atoms with Crippen molar-refractivity contribution in [3.8, 4) is 34.3 Å². The van der Waals surface area contributed by atoms with Crippen molar-refractivity contribution in [1.82, 2.24) is 10.3 Å². The van der Waals surface area contributed by atoms with E-state index in [2.05, 4.69) is 10.3 Å². The predicted octanol–water partition coefficient (Wildman–Crippen LogP) is 5.27. The van der Waals surface area contributed by atoms with Gasteiger partial charge in [0.1, 0.15) is 39.4 Å². The van der Waals surface area contributed by atoms with E-state index in [1.807, 2.05) is 6.07 Å². The van der Waals surface area contributed by atoms with Crippen LogP contribution in [-0.2, 0) is 24.2 Å². The number of benzene rings is 2. The zero-order chi connectivity index (χ0) is 31.2. The molecule has 4 aromatic rings. The molecule has 11 heteroatoms. The van der Waals surface area contributed by atoms with E-state index in [1.54, 1.807) is 56.6 Å². The van der Waals surface area contributed by atoms with Crippen LogP contribution in [0.25, 0.3) is 11.3 Å². The minimum Gasteiger partial charge on any atom is -0.497 e. The first kappa shape index (κ1) is 29.3. The lowest BCUT2D eigenvalue weighted by Gasteiger charge is -2.35. The SMILES string of the molecule is COc1ccc(-c2oc3c(c2CC(=O)NCc2ccccn2)C(=O)[C@@]2(Oc4c(Cl)c(OC)cc(OC)c4C2=O)[C@H](C)C3)cc1. The van der Waals surface area contributed by atoms with Crippen LogP contribution in [0.4, 0.5) is 0 Å². The van der Waals surface area contributed by atoms with Gasteiger partial charge in [-0.15, -0.1) is 0 Å². The Balaban J connectivity index is 1.44. The molecule has 0 saturated heterocycles. The van der Waals surface area contributed by atoms with Gasteiger partial charge in [0, 0.05) is 35.7 Å². The van der Waals surface area contributed by atoms with Crippen LogP contribution in [0.2, 0.25) is 5.02 Å². The van der Waals surface area contributed by atoms with Gasteiger partial charge >= 0.3 is 0 Å². The molecule has 2 atom stereocenters. The highest BCUT2D eigenvalue weighted by molar-refractivity contribution is 6.36. The highest BCUT2D eigenvalue weighted by Gasteiger charge is 2.63. The van der Waals surface area contributed by atoms with Gasteiger partial charge in [-0.25, -0.2) is 0 Å². The molecule has 0 fully saturated rings. The van der Waals surface area contributed by atoms with Crippen LogP contribution < -0.4 is 24.3 Å². The van der Waals surface area contributed by atoms with E-state index in [4.69, 9.17) is 35.0 Å². The molecule has 1 N–H and O–H groups in total. The van der Waals surface area contributed by atoms with Crippen LogP contribution in [-0.4, -0.2) is 49.4 Å². The summed E-state index contributed by atoms with van der Waals surface area (Å²) < 4.78 is 28.8. The van der Waals surface area contributed by atoms with Crippen molar-refractivity contribution in [3.63, 3.8) is 0 Å². The van der Waals surface area contributed by atoms with Crippen molar-refractivity contribution >= 4 is 29.1 Å². The number of amides is 1. The number of fused-ring (bicyclic) bond motifs is 2. The molecule has 3 heterocycles. The maximum Gasteiger partial charge on any atom is 0.237 e. The summed E-state index contributed by atoms with van der Waals surface area (Å²) in [5.74, 6) is -0.403. The van der Waals surface area contributed by atoms with E-state index in [0.29, 0.717) is 34.1 Å². The number of hydrogen-bond donors (Lipinski definition) is 1. The summed E-state index contributed by atoms with van der Waals surface area (Å²) in [5, 5.41) is 2.92. The number of Topliss-reactive ketones (excluding diaryl/α,β-unsaturated/α-hetero) is 2. The Hall–Kier alpha value is -4.83. The first-order chi connectivity index (χ1) is 21.2. The molecule has 2 aliphatic rings. The molecule has 10 nitrogen and oxygen atoms in total. The van der Waals surface area contributed by atoms with Crippen LogP contribution in [0.5, 0.6) is 23.0 Å². The van der Waals surface area contributed by atoms with Gasteiger partial charge in [-0.1, -0.05) is 24.6 Å². The highest BCUT2D eigenvalue weighted by Crippen LogP contribution is 2.54. The Kier molecular flexibility index (Phi) is 7.54. The fourth-order valence-electron chi connectivity index (χ4n) is 5.89. The monoisotopic (exact) mass is 616 g/mol. The van der Waals surface area contributed by atoms with Gasteiger partial charge in [0.2, 0.25) is 23.1 Å². The molecule has 6 rings (SSSR count). The van der Waals surface area contributed by atoms with Crippen molar-refractivity contribution in [2.45, 2.75) is 31.9 Å². The highest BCUT2D eigenvalue weighted by atomic mass is 35.5. The molecule has 44 heavy (non-hydrogen) atoms. The summed E-state index contributed by atoms with van der Waals surface area (Å²) >= 11 is 6.59. The Morgan fingerprint density at radius 2 is 1.75 bits per heavy atom. The van der Waals surface area contributed by atoms with Crippen molar-refractivity contribution in [2.75, 3.05) is 21.3 Å². The molecule has 2 aromatic carbocycles. The normalized spacial score (nSPS) is 18.4. The molecule has 0 saturated carbocycles. The van der Waals surface area contributed by atoms with Gasteiger partial charge in [0.15, 0.2) is 5.75 Å². The van der Waals surface area contributed by atoms with Crippen LogP contribution in [0.1, 0.15) is 44.7 Å². The number of carbonyl (C=O) groups excluding carboxylic acids is 3. The second-order valence-corrected chi connectivity index (χ2v) is 11.0. The third-order valence-electron chi connectivity index (χ3n) is 8.13. The zero-order valence-corrected chi connectivity index (χ0v) is 25.2. The molecule has 1 amide bonds. The first-order valence-corrected chi connectivity index (χ1v) is 14.3. The van der Waals surface area contributed by atoms with E-state index in [1.165, 1.54) is 20.3 Å². The summed E-state index contributed by atoms with van der Waals surface area (Å²) in [5.41, 5.74) is -0.0702. The molecule has 2 aromatic heterocycles. The first-order valence-electron chi connectivity index (χ1n) is 13.9. The predicted molar refractivity (Wildman–Crippen MR) is 160 cm³/mol. The number of ketones is 2. The molecule has 1 aliphatic carbocycles. The number of aromatic nitrogens is 1.